The van der Waals surface area contributed by atoms with E-state index in [0.29, 0.717) is 6.54 Å². The van der Waals surface area contributed by atoms with E-state index in [1.54, 1.807) is 18.5 Å². The van der Waals surface area contributed by atoms with Gasteiger partial charge in [0.15, 0.2) is 0 Å². The number of rotatable bonds is 2. The third-order valence-corrected chi connectivity index (χ3v) is 2.26. The first-order valence-corrected chi connectivity index (χ1v) is 4.70. The molecule has 0 saturated heterocycles. The number of pyridine rings is 1. The molecule has 1 aromatic heterocycles. The van der Waals surface area contributed by atoms with Crippen LogP contribution in [0.4, 0.5) is 4.39 Å². The van der Waals surface area contributed by atoms with E-state index in [4.69, 9.17) is 5.73 Å². The SMILES string of the molecule is NCc1cnccc1-c1cccc(F)c1. The van der Waals surface area contributed by atoms with Gasteiger partial charge in [-0.25, -0.2) is 4.39 Å². The van der Waals surface area contributed by atoms with Crippen LogP contribution in [-0.4, -0.2) is 4.98 Å². The van der Waals surface area contributed by atoms with Crippen LogP contribution < -0.4 is 5.73 Å². The summed E-state index contributed by atoms with van der Waals surface area (Å²) in [5.41, 5.74) is 8.28. The highest BCUT2D eigenvalue weighted by molar-refractivity contribution is 5.66. The zero-order valence-corrected chi connectivity index (χ0v) is 8.15. The first kappa shape index (κ1) is 9.80. The maximum atomic E-state index is 13.0. The molecule has 2 nitrogen and oxygen atoms in total. The van der Waals surface area contributed by atoms with E-state index in [0.717, 1.165) is 16.7 Å². The first-order chi connectivity index (χ1) is 7.31. The molecule has 15 heavy (non-hydrogen) atoms. The molecule has 0 fully saturated rings. The van der Waals surface area contributed by atoms with E-state index in [2.05, 4.69) is 4.98 Å². The number of nitrogens with zero attached hydrogens (tertiary/aromatic N) is 1. The molecule has 0 saturated carbocycles. The Bertz CT molecular complexity index is 469. The zero-order valence-electron chi connectivity index (χ0n) is 8.15. The van der Waals surface area contributed by atoms with Gasteiger partial charge in [-0.1, -0.05) is 12.1 Å². The van der Waals surface area contributed by atoms with Crippen molar-refractivity contribution < 1.29 is 4.39 Å². The lowest BCUT2D eigenvalue weighted by Gasteiger charge is -2.06. The Balaban J connectivity index is 2.53. The number of nitrogens with two attached hydrogens (primary N) is 1. The minimum Gasteiger partial charge on any atom is -0.326 e. The van der Waals surface area contributed by atoms with E-state index >= 15 is 0 Å². The van der Waals surface area contributed by atoms with Crippen molar-refractivity contribution in [3.63, 3.8) is 0 Å². The summed E-state index contributed by atoms with van der Waals surface area (Å²) in [6.45, 7) is 0.402. The Hall–Kier alpha value is -1.74. The molecule has 0 radical (unpaired) electrons. The van der Waals surface area contributed by atoms with Crippen molar-refractivity contribution in [1.29, 1.82) is 0 Å². The molecule has 0 atom stereocenters. The van der Waals surface area contributed by atoms with Crippen molar-refractivity contribution in [2.75, 3.05) is 0 Å². The van der Waals surface area contributed by atoms with Crippen LogP contribution in [0.2, 0.25) is 0 Å². The molecule has 76 valence electrons. The number of aromatic nitrogens is 1. The molecule has 0 bridgehead atoms. The Kier molecular flexibility index (Phi) is 2.74. The molecule has 0 amide bonds. The molecule has 0 unspecified atom stereocenters. The second-order valence-corrected chi connectivity index (χ2v) is 3.25. The normalized spacial score (nSPS) is 10.3. The van der Waals surface area contributed by atoms with Gasteiger partial charge < -0.3 is 5.73 Å². The summed E-state index contributed by atoms with van der Waals surface area (Å²) in [6.07, 6.45) is 3.39. The third kappa shape index (κ3) is 2.02. The lowest BCUT2D eigenvalue weighted by molar-refractivity contribution is 0.628. The maximum Gasteiger partial charge on any atom is 0.123 e. The molecule has 0 aliphatic carbocycles. The summed E-state index contributed by atoms with van der Waals surface area (Å²) < 4.78 is 13.0. The van der Waals surface area contributed by atoms with Crippen molar-refractivity contribution in [3.8, 4) is 11.1 Å². The van der Waals surface area contributed by atoms with Crippen LogP contribution in [-0.2, 0) is 6.54 Å². The summed E-state index contributed by atoms with van der Waals surface area (Å²) in [7, 11) is 0. The topological polar surface area (TPSA) is 38.9 Å². The van der Waals surface area contributed by atoms with E-state index in [1.807, 2.05) is 12.1 Å². The summed E-state index contributed by atoms with van der Waals surface area (Å²) in [5, 5.41) is 0. The average Bonchev–Trinajstić information content (AvgIpc) is 2.29. The number of benzene rings is 1. The van der Waals surface area contributed by atoms with E-state index in [1.165, 1.54) is 12.1 Å². The van der Waals surface area contributed by atoms with Crippen LogP contribution >= 0.6 is 0 Å². The standard InChI is InChI=1S/C12H11FN2/c13-11-3-1-2-9(6-11)12-4-5-15-8-10(12)7-14/h1-6,8H,7,14H2. The second kappa shape index (κ2) is 4.19. The first-order valence-electron chi connectivity index (χ1n) is 4.70. The number of hydrogen-bond acceptors (Lipinski definition) is 2. The number of hydrogen-bond donors (Lipinski definition) is 1. The lowest BCUT2D eigenvalue weighted by atomic mass is 10.0. The summed E-state index contributed by atoms with van der Waals surface area (Å²) in [6, 6.07) is 8.31. The lowest BCUT2D eigenvalue weighted by Crippen LogP contribution is -1.99. The van der Waals surface area contributed by atoms with Crippen molar-refractivity contribution >= 4 is 0 Å². The smallest absolute Gasteiger partial charge is 0.123 e. The molecule has 2 aromatic rings. The summed E-state index contributed by atoms with van der Waals surface area (Å²) in [5.74, 6) is -0.243. The van der Waals surface area contributed by atoms with E-state index < -0.39 is 0 Å². The van der Waals surface area contributed by atoms with Crippen LogP contribution in [0, 0.1) is 5.82 Å². The van der Waals surface area contributed by atoms with Gasteiger partial charge in [0.25, 0.3) is 0 Å². The minimum atomic E-state index is -0.243. The second-order valence-electron chi connectivity index (χ2n) is 3.25. The molecule has 0 spiro atoms. The van der Waals surface area contributed by atoms with Crippen molar-refractivity contribution in [3.05, 3.63) is 54.1 Å². The van der Waals surface area contributed by atoms with Crippen molar-refractivity contribution in [2.45, 2.75) is 6.54 Å². The van der Waals surface area contributed by atoms with Crippen molar-refractivity contribution in [2.24, 2.45) is 5.73 Å². The van der Waals surface area contributed by atoms with Gasteiger partial charge in [-0.3, -0.25) is 4.98 Å². The van der Waals surface area contributed by atoms with Crippen LogP contribution in [0.5, 0.6) is 0 Å². The molecular formula is C12H11FN2. The molecular weight excluding hydrogens is 191 g/mol. The predicted molar refractivity (Wildman–Crippen MR) is 57.5 cm³/mol. The molecule has 1 aromatic carbocycles. The van der Waals surface area contributed by atoms with Gasteiger partial charge in [0.1, 0.15) is 5.82 Å². The van der Waals surface area contributed by atoms with Gasteiger partial charge in [-0.05, 0) is 34.9 Å². The third-order valence-electron chi connectivity index (χ3n) is 2.26. The largest absolute Gasteiger partial charge is 0.326 e. The highest BCUT2D eigenvalue weighted by atomic mass is 19.1. The molecule has 0 aliphatic heterocycles. The monoisotopic (exact) mass is 202 g/mol. The van der Waals surface area contributed by atoms with Gasteiger partial charge in [0.05, 0.1) is 0 Å². The number of halogens is 1. The van der Waals surface area contributed by atoms with E-state index in [9.17, 15) is 4.39 Å². The fraction of sp³-hybridized carbons (Fsp3) is 0.0833. The zero-order chi connectivity index (χ0) is 10.7. The van der Waals surface area contributed by atoms with Gasteiger partial charge in [0.2, 0.25) is 0 Å². The summed E-state index contributed by atoms with van der Waals surface area (Å²) >= 11 is 0. The fourth-order valence-corrected chi connectivity index (χ4v) is 1.53. The maximum absolute atomic E-state index is 13.0. The Labute approximate surface area is 87.6 Å². The average molecular weight is 202 g/mol. The Morgan fingerprint density at radius 2 is 2.13 bits per heavy atom. The van der Waals surface area contributed by atoms with E-state index in [-0.39, 0.29) is 5.82 Å². The Morgan fingerprint density at radius 1 is 1.27 bits per heavy atom. The highest BCUT2D eigenvalue weighted by Crippen LogP contribution is 2.22. The molecule has 2 rings (SSSR count). The van der Waals surface area contributed by atoms with Gasteiger partial charge in [-0.15, -0.1) is 0 Å². The van der Waals surface area contributed by atoms with Crippen molar-refractivity contribution in [1.82, 2.24) is 4.98 Å². The van der Waals surface area contributed by atoms with Gasteiger partial charge in [0, 0.05) is 18.9 Å². The van der Waals surface area contributed by atoms with Crippen LogP contribution in [0.3, 0.4) is 0 Å². The molecule has 3 heteroatoms. The summed E-state index contributed by atoms with van der Waals surface area (Å²) in [4.78, 5) is 3.99. The van der Waals surface area contributed by atoms with Crippen LogP contribution in [0.1, 0.15) is 5.56 Å². The Morgan fingerprint density at radius 3 is 2.87 bits per heavy atom. The van der Waals surface area contributed by atoms with Crippen LogP contribution in [0.15, 0.2) is 42.7 Å². The highest BCUT2D eigenvalue weighted by Gasteiger charge is 2.03. The fourth-order valence-electron chi connectivity index (χ4n) is 1.53. The van der Waals surface area contributed by atoms with Crippen LogP contribution in [0.25, 0.3) is 11.1 Å². The van der Waals surface area contributed by atoms with Gasteiger partial charge >= 0.3 is 0 Å². The molecule has 2 N–H and O–H groups in total. The molecule has 1 heterocycles. The quantitative estimate of drug-likeness (QED) is 0.811. The molecule has 0 aliphatic rings. The van der Waals surface area contributed by atoms with Gasteiger partial charge in [-0.2, -0.15) is 0 Å². The minimum absolute atomic E-state index is 0.243. The predicted octanol–water partition coefficient (Wildman–Crippen LogP) is 2.35.